The minimum atomic E-state index is -1.14. The molecule has 0 saturated heterocycles. The van der Waals surface area contributed by atoms with E-state index in [0.717, 1.165) is 40.2 Å². The van der Waals surface area contributed by atoms with Gasteiger partial charge in [0.05, 0.1) is 17.1 Å². The van der Waals surface area contributed by atoms with E-state index in [9.17, 15) is 9.90 Å². The summed E-state index contributed by atoms with van der Waals surface area (Å²) < 4.78 is 12.5. The Hall–Kier alpha value is -1.71. The average Bonchev–Trinajstić information content (AvgIpc) is 3.22. The number of hydrogen-bond acceptors (Lipinski definition) is 5. The Morgan fingerprint density at radius 3 is 2.66 bits per heavy atom. The molecule has 9 heteroatoms. The number of rotatable bonds is 6. The first-order valence-corrected chi connectivity index (χ1v) is 14.6. The highest BCUT2D eigenvalue weighted by Crippen LogP contribution is 2.35. The van der Waals surface area contributed by atoms with Crippen LogP contribution in [-0.4, -0.2) is 51.5 Å². The lowest BCUT2D eigenvalue weighted by atomic mass is 9.92. The smallest absolute Gasteiger partial charge is 0.407 e. The van der Waals surface area contributed by atoms with Gasteiger partial charge in [-0.05, 0) is 23.6 Å². The third-order valence-corrected chi connectivity index (χ3v) is 7.63. The fourth-order valence-electron chi connectivity index (χ4n) is 3.23. The molecule has 3 rings (SSSR count). The molecule has 0 aromatic carbocycles. The predicted molar refractivity (Wildman–Crippen MR) is 118 cm³/mol. The van der Waals surface area contributed by atoms with Crippen molar-refractivity contribution in [2.45, 2.75) is 71.6 Å². The van der Waals surface area contributed by atoms with Crippen LogP contribution in [0.2, 0.25) is 25.7 Å². The van der Waals surface area contributed by atoms with E-state index in [1.165, 1.54) is 16.4 Å². The number of ether oxygens (including phenoxy) is 1. The molecule has 1 N–H and O–H groups in total. The third-order valence-electron chi connectivity index (χ3n) is 5.13. The van der Waals surface area contributed by atoms with Gasteiger partial charge in [0, 0.05) is 44.3 Å². The van der Waals surface area contributed by atoms with Crippen LogP contribution in [0.25, 0.3) is 10.6 Å². The van der Waals surface area contributed by atoms with Gasteiger partial charge in [-0.1, -0.05) is 40.4 Å². The van der Waals surface area contributed by atoms with Crippen molar-refractivity contribution in [3.05, 3.63) is 23.0 Å². The maximum Gasteiger partial charge on any atom is 0.407 e. The highest BCUT2D eigenvalue weighted by atomic mass is 32.1. The number of nitrogens with zero attached hydrogens (tertiary/aromatic N) is 4. The van der Waals surface area contributed by atoms with Crippen LogP contribution in [0.15, 0.2) is 6.07 Å². The summed E-state index contributed by atoms with van der Waals surface area (Å²) in [7, 11) is -1.14. The van der Waals surface area contributed by atoms with Crippen LogP contribution in [0.3, 0.4) is 0 Å². The van der Waals surface area contributed by atoms with Crippen molar-refractivity contribution in [2.24, 2.45) is 0 Å². The van der Waals surface area contributed by atoms with Gasteiger partial charge in [0.1, 0.15) is 12.4 Å². The normalized spacial score (nSPS) is 14.9. The highest BCUT2D eigenvalue weighted by molar-refractivity contribution is 7.09. The van der Waals surface area contributed by atoms with E-state index in [1.54, 1.807) is 0 Å². The molecule has 1 aliphatic rings. The zero-order chi connectivity index (χ0) is 21.4. The Labute approximate surface area is 177 Å². The van der Waals surface area contributed by atoms with Crippen LogP contribution in [0.4, 0.5) is 4.79 Å². The van der Waals surface area contributed by atoms with Crippen molar-refractivity contribution in [2.75, 3.05) is 13.2 Å². The lowest BCUT2D eigenvalue weighted by molar-refractivity contribution is 0.0754. The fourth-order valence-corrected chi connectivity index (χ4v) is 4.92. The zero-order valence-corrected chi connectivity index (χ0v) is 20.1. The standard InChI is InChI=1S/C20H32N4O3SSi/c1-20(2,3)17-11-16(28-22-17)18-14-12-23(19(25)26)8-7-15(14)24(21-18)13-27-9-10-29(4,5)6/h11H,7-10,12-13H2,1-6H3,(H,25,26). The van der Waals surface area contributed by atoms with Gasteiger partial charge in [0.25, 0.3) is 0 Å². The number of amides is 1. The number of carbonyl (C=O) groups is 1. The van der Waals surface area contributed by atoms with Gasteiger partial charge >= 0.3 is 6.09 Å². The third kappa shape index (κ3) is 5.26. The van der Waals surface area contributed by atoms with Crippen LogP contribution in [0.5, 0.6) is 0 Å². The molecule has 29 heavy (non-hydrogen) atoms. The van der Waals surface area contributed by atoms with Crippen LogP contribution in [0.1, 0.15) is 37.7 Å². The Bertz CT molecular complexity index is 879. The van der Waals surface area contributed by atoms with Crippen molar-refractivity contribution < 1.29 is 14.6 Å². The molecule has 0 atom stereocenters. The summed E-state index contributed by atoms with van der Waals surface area (Å²) in [6, 6.07) is 3.20. The largest absolute Gasteiger partial charge is 0.465 e. The summed E-state index contributed by atoms with van der Waals surface area (Å²) in [5.41, 5.74) is 3.89. The number of hydrogen-bond donors (Lipinski definition) is 1. The van der Waals surface area contributed by atoms with Gasteiger partial charge < -0.3 is 14.7 Å². The van der Waals surface area contributed by atoms with E-state index in [4.69, 9.17) is 9.84 Å². The molecule has 3 heterocycles. The topological polar surface area (TPSA) is 80.5 Å². The van der Waals surface area contributed by atoms with Crippen molar-refractivity contribution in [1.82, 2.24) is 19.1 Å². The Balaban J connectivity index is 1.88. The van der Waals surface area contributed by atoms with Crippen LogP contribution < -0.4 is 0 Å². The van der Waals surface area contributed by atoms with E-state index in [2.05, 4.69) is 50.9 Å². The lowest BCUT2D eigenvalue weighted by Gasteiger charge is -2.25. The average molecular weight is 437 g/mol. The second-order valence-electron chi connectivity index (χ2n) is 9.90. The molecule has 0 radical (unpaired) electrons. The first kappa shape index (κ1) is 22.0. The van der Waals surface area contributed by atoms with Crippen LogP contribution in [0, 0.1) is 0 Å². The van der Waals surface area contributed by atoms with Crippen molar-refractivity contribution in [3.8, 4) is 10.6 Å². The number of aromatic nitrogens is 3. The maximum absolute atomic E-state index is 11.5. The van der Waals surface area contributed by atoms with Crippen molar-refractivity contribution >= 4 is 25.7 Å². The molecule has 1 amide bonds. The van der Waals surface area contributed by atoms with E-state index in [0.29, 0.717) is 26.2 Å². The minimum absolute atomic E-state index is 0.0373. The molecule has 0 bridgehead atoms. The van der Waals surface area contributed by atoms with Crippen molar-refractivity contribution in [3.63, 3.8) is 0 Å². The Morgan fingerprint density at radius 1 is 1.34 bits per heavy atom. The maximum atomic E-state index is 11.5. The van der Waals surface area contributed by atoms with E-state index in [-0.39, 0.29) is 5.41 Å². The molecule has 0 unspecified atom stereocenters. The number of fused-ring (bicyclic) bond motifs is 1. The molecule has 0 fully saturated rings. The lowest BCUT2D eigenvalue weighted by Crippen LogP contribution is -2.35. The van der Waals surface area contributed by atoms with Crippen LogP contribution >= 0.6 is 11.5 Å². The molecular formula is C20H32N4O3SSi. The summed E-state index contributed by atoms with van der Waals surface area (Å²) in [6.07, 6.45) is -0.239. The molecule has 0 aliphatic carbocycles. The molecule has 160 valence electrons. The van der Waals surface area contributed by atoms with Gasteiger partial charge in [-0.2, -0.15) is 9.47 Å². The Morgan fingerprint density at radius 2 is 2.07 bits per heavy atom. The van der Waals surface area contributed by atoms with Gasteiger partial charge in [-0.3, -0.25) is 0 Å². The first-order chi connectivity index (χ1) is 13.5. The number of carboxylic acid groups (broad SMARTS) is 1. The molecule has 0 spiro atoms. The molecule has 2 aromatic heterocycles. The fraction of sp³-hybridized carbons (Fsp3) is 0.650. The van der Waals surface area contributed by atoms with Crippen molar-refractivity contribution in [1.29, 1.82) is 0 Å². The second-order valence-corrected chi connectivity index (χ2v) is 16.3. The van der Waals surface area contributed by atoms with Gasteiger partial charge in [0.15, 0.2) is 0 Å². The Kier molecular flexibility index (Phi) is 6.21. The predicted octanol–water partition coefficient (Wildman–Crippen LogP) is 4.65. The van der Waals surface area contributed by atoms with Gasteiger partial charge in [-0.25, -0.2) is 9.48 Å². The van der Waals surface area contributed by atoms with Gasteiger partial charge in [0.2, 0.25) is 0 Å². The highest BCUT2D eigenvalue weighted by Gasteiger charge is 2.29. The zero-order valence-electron chi connectivity index (χ0n) is 18.3. The van der Waals surface area contributed by atoms with E-state index < -0.39 is 14.2 Å². The molecular weight excluding hydrogens is 404 g/mol. The summed E-state index contributed by atoms with van der Waals surface area (Å²) in [5.74, 6) is 0. The van der Waals surface area contributed by atoms with E-state index >= 15 is 0 Å². The SMILES string of the molecule is CC(C)(C)c1cc(-c2nn(COCC[Si](C)(C)C)c3c2CN(C(=O)O)CC3)sn1. The summed E-state index contributed by atoms with van der Waals surface area (Å²) >= 11 is 1.43. The molecule has 2 aromatic rings. The minimum Gasteiger partial charge on any atom is -0.465 e. The quantitative estimate of drug-likeness (QED) is 0.526. The summed E-state index contributed by atoms with van der Waals surface area (Å²) in [5, 5.41) is 14.3. The summed E-state index contributed by atoms with van der Waals surface area (Å²) in [4.78, 5) is 14.0. The molecule has 7 nitrogen and oxygen atoms in total. The van der Waals surface area contributed by atoms with E-state index in [1.807, 2.05) is 4.68 Å². The molecule has 0 saturated carbocycles. The van der Waals surface area contributed by atoms with Crippen LogP contribution in [-0.2, 0) is 29.8 Å². The summed E-state index contributed by atoms with van der Waals surface area (Å²) in [6.45, 7) is 15.4. The first-order valence-electron chi connectivity index (χ1n) is 10.1. The molecule has 1 aliphatic heterocycles. The van der Waals surface area contributed by atoms with Gasteiger partial charge in [-0.15, -0.1) is 0 Å². The monoisotopic (exact) mass is 436 g/mol. The second kappa shape index (κ2) is 8.20.